The molecule has 2 aromatic carbocycles. The second-order valence-electron chi connectivity index (χ2n) is 7.37. The molecule has 0 radical (unpaired) electrons. The average Bonchev–Trinajstić information content (AvgIpc) is 2.77. The fraction of sp³-hybridized carbons (Fsp3) is 0.304. The zero-order valence-corrected chi connectivity index (χ0v) is 20.5. The first-order valence-corrected chi connectivity index (χ1v) is 12.5. The highest BCUT2D eigenvalue weighted by Gasteiger charge is 2.30. The van der Waals surface area contributed by atoms with Gasteiger partial charge in [0, 0.05) is 10.9 Å². The van der Waals surface area contributed by atoms with Crippen molar-refractivity contribution in [2.24, 2.45) is 0 Å². The Balaban J connectivity index is 2.22. The molecule has 0 fully saturated rings. The van der Waals surface area contributed by atoms with Gasteiger partial charge in [0.2, 0.25) is 15.7 Å². The third kappa shape index (κ3) is 4.73. The fourth-order valence-corrected chi connectivity index (χ4v) is 5.07. The van der Waals surface area contributed by atoms with E-state index in [0.717, 1.165) is 18.4 Å². The minimum absolute atomic E-state index is 0.0974. The van der Waals surface area contributed by atoms with Crippen molar-refractivity contribution in [3.05, 3.63) is 74.7 Å². The number of benzene rings is 2. The number of halogens is 1. The number of aromatic nitrogens is 2. The van der Waals surface area contributed by atoms with Crippen LogP contribution in [0.1, 0.15) is 44.1 Å². The largest absolute Gasteiger partial charge is 0.497 e. The molecule has 1 heterocycles. The molecule has 0 aliphatic carbocycles. The van der Waals surface area contributed by atoms with E-state index in [2.05, 4.69) is 20.9 Å². The van der Waals surface area contributed by atoms with E-state index in [-0.39, 0.29) is 4.90 Å². The van der Waals surface area contributed by atoms with E-state index in [4.69, 9.17) is 4.74 Å². The molecular formula is C23H25BrN2O5S. The Kier molecular flexibility index (Phi) is 7.40. The van der Waals surface area contributed by atoms with Crippen molar-refractivity contribution in [2.75, 3.05) is 7.11 Å². The number of sulfone groups is 1. The smallest absolute Gasteiger partial charge is 0.277 e. The van der Waals surface area contributed by atoms with Gasteiger partial charge in [-0.3, -0.25) is 9.36 Å². The Bertz CT molecular complexity index is 1250. The zero-order chi connectivity index (χ0) is 23.5. The minimum atomic E-state index is -4.29. The summed E-state index contributed by atoms with van der Waals surface area (Å²) in [6, 6.07) is 12.5. The van der Waals surface area contributed by atoms with Crippen molar-refractivity contribution < 1.29 is 18.3 Å². The molecule has 0 saturated heterocycles. The summed E-state index contributed by atoms with van der Waals surface area (Å²) >= 11 is 3.27. The molecule has 3 aromatic rings. The van der Waals surface area contributed by atoms with E-state index in [1.165, 1.54) is 16.7 Å². The first-order chi connectivity index (χ1) is 15.2. The Morgan fingerprint density at radius 1 is 1.12 bits per heavy atom. The van der Waals surface area contributed by atoms with Gasteiger partial charge >= 0.3 is 0 Å². The Morgan fingerprint density at radius 2 is 1.75 bits per heavy atom. The quantitative estimate of drug-likeness (QED) is 0.469. The monoisotopic (exact) mass is 520 g/mol. The third-order valence-corrected chi connectivity index (χ3v) is 7.58. The number of nitrogens with zero attached hydrogens (tertiary/aromatic N) is 2. The Hall–Kier alpha value is -2.65. The normalized spacial score (nSPS) is 12.5. The number of hydrogen-bond donors (Lipinski definition) is 1. The maximum atomic E-state index is 13.5. The molecule has 0 aliphatic heterocycles. The molecule has 32 heavy (non-hydrogen) atoms. The lowest BCUT2D eigenvalue weighted by atomic mass is 10.1. The van der Waals surface area contributed by atoms with Crippen molar-refractivity contribution >= 4 is 25.8 Å². The highest BCUT2D eigenvalue weighted by molar-refractivity contribution is 9.10. The van der Waals surface area contributed by atoms with Crippen LogP contribution in [0.2, 0.25) is 0 Å². The van der Waals surface area contributed by atoms with Gasteiger partial charge in [0.25, 0.3) is 5.56 Å². The topological polar surface area (TPSA) is 98.5 Å². The van der Waals surface area contributed by atoms with Crippen LogP contribution in [0.15, 0.2) is 67.6 Å². The summed E-state index contributed by atoms with van der Waals surface area (Å²) in [5.41, 5.74) is -0.0139. The minimum Gasteiger partial charge on any atom is -0.497 e. The lowest BCUT2D eigenvalue weighted by Crippen LogP contribution is -2.32. The number of hydrogen-bond acceptors (Lipinski definition) is 6. The maximum absolute atomic E-state index is 13.5. The lowest BCUT2D eigenvalue weighted by Gasteiger charge is -2.21. The lowest BCUT2D eigenvalue weighted by molar-refractivity contribution is 0.411. The van der Waals surface area contributed by atoms with E-state index in [9.17, 15) is 18.3 Å². The van der Waals surface area contributed by atoms with E-state index in [1.54, 1.807) is 38.3 Å². The van der Waals surface area contributed by atoms with Gasteiger partial charge in [0.15, 0.2) is 4.90 Å². The van der Waals surface area contributed by atoms with Gasteiger partial charge < -0.3 is 9.84 Å². The summed E-state index contributed by atoms with van der Waals surface area (Å²) in [5.74, 6) is 0.233. The molecule has 0 bridgehead atoms. The van der Waals surface area contributed by atoms with Crippen molar-refractivity contribution in [1.82, 2.24) is 9.55 Å². The standard InChI is InChI=1S/C23H25BrN2O5S/c1-4-5-6-20-25-22(27)21(32(29,30)19-13-9-17(24)10-14-19)23(28)26(20)15(2)16-7-11-18(31-3)12-8-16/h7-15,27H,4-6H2,1-3H3/t15-/m0/s1. The van der Waals surface area contributed by atoms with Crippen LogP contribution in [-0.2, 0) is 16.3 Å². The Morgan fingerprint density at radius 3 is 2.31 bits per heavy atom. The van der Waals surface area contributed by atoms with Gasteiger partial charge in [0.05, 0.1) is 18.0 Å². The summed E-state index contributed by atoms with van der Waals surface area (Å²) in [5, 5.41) is 10.5. The summed E-state index contributed by atoms with van der Waals surface area (Å²) < 4.78 is 33.8. The molecular weight excluding hydrogens is 496 g/mol. The van der Waals surface area contributed by atoms with E-state index >= 15 is 0 Å². The van der Waals surface area contributed by atoms with Gasteiger partial charge in [-0.05, 0) is 55.3 Å². The van der Waals surface area contributed by atoms with Crippen LogP contribution >= 0.6 is 15.9 Å². The van der Waals surface area contributed by atoms with Crippen LogP contribution < -0.4 is 10.3 Å². The molecule has 0 aliphatic rings. The van der Waals surface area contributed by atoms with Crippen LogP contribution in [0.3, 0.4) is 0 Å². The molecule has 0 unspecified atom stereocenters. The molecule has 1 aromatic heterocycles. The summed E-state index contributed by atoms with van der Waals surface area (Å²) in [7, 11) is -2.73. The van der Waals surface area contributed by atoms with E-state index in [1.807, 2.05) is 19.1 Å². The first kappa shape index (κ1) is 24.0. The molecule has 0 spiro atoms. The highest BCUT2D eigenvalue weighted by Crippen LogP contribution is 2.28. The highest BCUT2D eigenvalue weighted by atomic mass is 79.9. The number of methoxy groups -OCH3 is 1. The summed E-state index contributed by atoms with van der Waals surface area (Å²) in [6.07, 6.45) is 2.02. The molecule has 1 N–H and O–H groups in total. The van der Waals surface area contributed by atoms with E-state index < -0.39 is 32.2 Å². The maximum Gasteiger partial charge on any atom is 0.277 e. The number of rotatable bonds is 8. The second kappa shape index (κ2) is 9.87. The third-order valence-electron chi connectivity index (χ3n) is 5.26. The molecule has 170 valence electrons. The average molecular weight is 521 g/mol. The number of aryl methyl sites for hydroxylation is 1. The Labute approximate surface area is 195 Å². The number of unbranched alkanes of at least 4 members (excludes halogenated alkanes) is 1. The first-order valence-electron chi connectivity index (χ1n) is 10.2. The molecule has 0 saturated carbocycles. The van der Waals surface area contributed by atoms with Crippen molar-refractivity contribution in [1.29, 1.82) is 0 Å². The fourth-order valence-electron chi connectivity index (χ4n) is 3.46. The van der Waals surface area contributed by atoms with Crippen molar-refractivity contribution in [2.45, 2.75) is 48.9 Å². The van der Waals surface area contributed by atoms with Crippen LogP contribution in [0, 0.1) is 0 Å². The van der Waals surface area contributed by atoms with Gasteiger partial charge in [0.1, 0.15) is 11.6 Å². The molecule has 1 atom stereocenters. The predicted molar refractivity (Wildman–Crippen MR) is 125 cm³/mol. The van der Waals surface area contributed by atoms with Gasteiger partial charge in [-0.2, -0.15) is 4.98 Å². The number of ether oxygens (including phenoxy) is 1. The number of aromatic hydroxyl groups is 1. The summed E-state index contributed by atoms with van der Waals surface area (Å²) in [6.45, 7) is 3.80. The van der Waals surface area contributed by atoms with Gasteiger partial charge in [-0.25, -0.2) is 8.42 Å². The van der Waals surface area contributed by atoms with Crippen LogP contribution in [-0.4, -0.2) is 30.2 Å². The van der Waals surface area contributed by atoms with Gasteiger partial charge in [-0.15, -0.1) is 0 Å². The predicted octanol–water partition coefficient (Wildman–Crippen LogP) is 4.50. The van der Waals surface area contributed by atoms with Crippen LogP contribution in [0.4, 0.5) is 0 Å². The van der Waals surface area contributed by atoms with Crippen LogP contribution in [0.25, 0.3) is 0 Å². The summed E-state index contributed by atoms with van der Waals surface area (Å²) in [4.78, 5) is 16.9. The molecule has 7 nitrogen and oxygen atoms in total. The second-order valence-corrected chi connectivity index (χ2v) is 10.2. The van der Waals surface area contributed by atoms with Gasteiger partial charge in [-0.1, -0.05) is 41.4 Å². The zero-order valence-electron chi connectivity index (χ0n) is 18.1. The van der Waals surface area contributed by atoms with Crippen LogP contribution in [0.5, 0.6) is 11.6 Å². The molecule has 0 amide bonds. The molecule has 3 rings (SSSR count). The molecule has 9 heteroatoms. The van der Waals surface area contributed by atoms with E-state index in [0.29, 0.717) is 22.5 Å². The van der Waals surface area contributed by atoms with Crippen molar-refractivity contribution in [3.63, 3.8) is 0 Å². The van der Waals surface area contributed by atoms with Crippen molar-refractivity contribution in [3.8, 4) is 11.6 Å². The SMILES string of the molecule is CCCCc1nc(O)c(S(=O)(=O)c2ccc(Br)cc2)c(=O)n1[C@@H](C)c1ccc(OC)cc1.